The van der Waals surface area contributed by atoms with E-state index in [-0.39, 0.29) is 0 Å². The van der Waals surface area contributed by atoms with Crippen molar-refractivity contribution in [1.29, 1.82) is 0 Å². The third-order valence-electron chi connectivity index (χ3n) is 15.3. The minimum atomic E-state index is -3.21. The second kappa shape index (κ2) is 18.5. The molecule has 0 bridgehead atoms. The van der Waals surface area contributed by atoms with Crippen molar-refractivity contribution in [2.45, 2.75) is 173 Å². The van der Waals surface area contributed by atoms with Gasteiger partial charge in [-0.3, -0.25) is 0 Å². The summed E-state index contributed by atoms with van der Waals surface area (Å²) in [5, 5.41) is 5.72. The molecule has 0 saturated heterocycles. The van der Waals surface area contributed by atoms with E-state index in [2.05, 4.69) is 112 Å². The number of hydrogen-bond acceptors (Lipinski definition) is 0. The first kappa shape index (κ1) is 39.6. The maximum atomic E-state index is 2.82. The predicted octanol–water partition coefficient (Wildman–Crippen LogP) is 14.2. The molecule has 3 aromatic rings. The molecule has 0 spiro atoms. The summed E-state index contributed by atoms with van der Waals surface area (Å²) < 4.78 is 0. The second-order valence-corrected chi connectivity index (χ2v) is 41.4. The zero-order valence-electron chi connectivity index (χ0n) is 33.3. The van der Waals surface area contributed by atoms with Crippen molar-refractivity contribution >= 4 is 35.8 Å². The van der Waals surface area contributed by atoms with Gasteiger partial charge in [-0.05, 0) is 0 Å². The molecular weight excluding hydrogens is 669 g/mol. The topological polar surface area (TPSA) is 0 Å². The Bertz CT molecular complexity index is 1250. The molecule has 0 heterocycles. The molecule has 0 aliphatic heterocycles. The van der Waals surface area contributed by atoms with E-state index < -0.39 is 19.9 Å². The summed E-state index contributed by atoms with van der Waals surface area (Å²) in [5.41, 5.74) is 2.85. The van der Waals surface area contributed by atoms with Gasteiger partial charge in [-0.1, -0.05) is 0 Å². The zero-order chi connectivity index (χ0) is 35.5. The number of rotatable bonds is 17. The van der Waals surface area contributed by atoms with Crippen molar-refractivity contribution in [2.75, 3.05) is 18.5 Å². The fraction of sp³-hybridized carbons (Fsp3) is 0.625. The van der Waals surface area contributed by atoms with E-state index in [1.54, 1.807) is 18.5 Å². The van der Waals surface area contributed by atoms with Crippen LogP contribution in [-0.4, -0.2) is 35.5 Å². The molecule has 0 atom stereocenters. The first-order chi connectivity index (χ1) is 25.2. The molecule has 6 rings (SSSR count). The second-order valence-electron chi connectivity index (χ2n) is 17.6. The van der Waals surface area contributed by atoms with Gasteiger partial charge in [-0.25, -0.2) is 0 Å². The Labute approximate surface area is 316 Å². The van der Waals surface area contributed by atoms with E-state index >= 15 is 0 Å². The number of hydrogen-bond donors (Lipinski definition) is 0. The Morgan fingerprint density at radius 2 is 0.686 bits per heavy atom. The standard InChI is InChI=1S/C48H77P3/c1-4-7-40-49(41-8-5-2,42-9-6-3)51(46-34-22-13-23-35-46,47-36-24-14-25-37-47,48-38-26-15-27-39-48)50(43-28-16-10-17-29-43,44-30-18-11-19-31-44)45-32-20-12-21-33-45/h13-15,22-27,34-39,43-45,49-50H,4-12,16-21,28-33,40-42H2,1-3H3. The molecule has 3 aliphatic carbocycles. The van der Waals surface area contributed by atoms with Crippen LogP contribution in [0, 0.1) is 0 Å². The summed E-state index contributed by atoms with van der Waals surface area (Å²) in [6.45, 7) is 3.03. The van der Waals surface area contributed by atoms with Crippen LogP contribution in [0.5, 0.6) is 0 Å². The Morgan fingerprint density at radius 1 is 0.412 bits per heavy atom. The summed E-state index contributed by atoms with van der Waals surface area (Å²) in [7, 11) is 0. The van der Waals surface area contributed by atoms with Crippen LogP contribution in [-0.2, 0) is 0 Å². The molecule has 0 nitrogen and oxygen atoms in total. The van der Waals surface area contributed by atoms with E-state index in [0.29, 0.717) is 0 Å². The van der Waals surface area contributed by atoms with Crippen LogP contribution in [0.1, 0.15) is 156 Å². The van der Waals surface area contributed by atoms with Crippen molar-refractivity contribution in [1.82, 2.24) is 0 Å². The van der Waals surface area contributed by atoms with Gasteiger partial charge in [0.25, 0.3) is 0 Å². The molecule has 3 fully saturated rings. The summed E-state index contributed by atoms with van der Waals surface area (Å²) in [6, 6.07) is 39.2. The fourth-order valence-corrected chi connectivity index (χ4v) is 78.0. The van der Waals surface area contributed by atoms with Crippen LogP contribution in [0.25, 0.3) is 0 Å². The molecule has 0 N–H and O–H groups in total. The molecule has 0 aromatic heterocycles. The molecule has 51 heavy (non-hydrogen) atoms. The zero-order valence-corrected chi connectivity index (χ0v) is 36.2. The van der Waals surface area contributed by atoms with Crippen molar-refractivity contribution in [3.05, 3.63) is 91.0 Å². The van der Waals surface area contributed by atoms with Crippen molar-refractivity contribution in [3.63, 3.8) is 0 Å². The molecule has 284 valence electrons. The minimum absolute atomic E-state index is 0.951. The summed E-state index contributed by atoms with van der Waals surface area (Å²) in [5.74, 6) is -3.21. The average molecular weight is 747 g/mol. The van der Waals surface area contributed by atoms with E-state index in [0.717, 1.165) is 17.0 Å². The van der Waals surface area contributed by atoms with Gasteiger partial charge in [0.05, 0.1) is 0 Å². The summed E-state index contributed by atoms with van der Waals surface area (Å²) >= 11 is 0. The fourth-order valence-electron chi connectivity index (χ4n) is 13.9. The van der Waals surface area contributed by atoms with E-state index in [1.165, 1.54) is 135 Å². The first-order valence-electron chi connectivity index (χ1n) is 22.3. The normalized spacial score (nSPS) is 20.4. The SMILES string of the molecule is CCCC[PH](CCCC)(CCCC)P(c1ccccc1)(c1ccccc1)(c1ccccc1)[PH](C1CCCCC1)(C1CCCCC1)C1CCCCC1. The third kappa shape index (κ3) is 6.59. The predicted molar refractivity (Wildman–Crippen MR) is 242 cm³/mol. The van der Waals surface area contributed by atoms with Gasteiger partial charge in [-0.2, -0.15) is 0 Å². The van der Waals surface area contributed by atoms with E-state index in [9.17, 15) is 0 Å². The number of benzene rings is 3. The van der Waals surface area contributed by atoms with Gasteiger partial charge >= 0.3 is 318 Å². The molecule has 3 aliphatic rings. The Kier molecular flexibility index (Phi) is 14.4. The molecule has 3 aromatic carbocycles. The van der Waals surface area contributed by atoms with Crippen molar-refractivity contribution in [3.8, 4) is 0 Å². The van der Waals surface area contributed by atoms with E-state index in [1.807, 2.05) is 15.9 Å². The molecule has 0 amide bonds. The number of unbranched alkanes of at least 4 members (excludes halogenated alkanes) is 3. The van der Waals surface area contributed by atoms with Gasteiger partial charge in [-0.15, -0.1) is 0 Å². The molecule has 3 heteroatoms. The Hall–Kier alpha value is -1.05. The Balaban J connectivity index is 1.99. The third-order valence-corrected chi connectivity index (χ3v) is 60.3. The van der Waals surface area contributed by atoms with Gasteiger partial charge in [0.2, 0.25) is 0 Å². The van der Waals surface area contributed by atoms with Crippen LogP contribution in [0.15, 0.2) is 91.0 Å². The van der Waals surface area contributed by atoms with Gasteiger partial charge in [0.15, 0.2) is 0 Å². The van der Waals surface area contributed by atoms with Crippen LogP contribution in [0.3, 0.4) is 0 Å². The van der Waals surface area contributed by atoms with Crippen LogP contribution < -0.4 is 15.9 Å². The average Bonchev–Trinajstić information content (AvgIpc) is 3.22. The molecule has 0 radical (unpaired) electrons. The maximum absolute atomic E-state index is 3.21. The monoisotopic (exact) mass is 747 g/mol. The summed E-state index contributed by atoms with van der Waals surface area (Å²) in [6.07, 6.45) is 35.4. The first-order valence-corrected chi connectivity index (χ1v) is 31.1. The van der Waals surface area contributed by atoms with Crippen LogP contribution >= 0.6 is 19.9 Å². The van der Waals surface area contributed by atoms with E-state index in [4.69, 9.17) is 0 Å². The molecular formula is C48H77P3. The van der Waals surface area contributed by atoms with Crippen LogP contribution in [0.4, 0.5) is 0 Å². The quantitative estimate of drug-likeness (QED) is 0.121. The van der Waals surface area contributed by atoms with Gasteiger partial charge < -0.3 is 0 Å². The van der Waals surface area contributed by atoms with Gasteiger partial charge in [0.1, 0.15) is 0 Å². The summed E-state index contributed by atoms with van der Waals surface area (Å²) in [4.78, 5) is 0. The van der Waals surface area contributed by atoms with Crippen molar-refractivity contribution < 1.29 is 0 Å². The van der Waals surface area contributed by atoms with Crippen LogP contribution in [0.2, 0.25) is 0 Å². The van der Waals surface area contributed by atoms with Gasteiger partial charge in [0, 0.05) is 0 Å². The molecule has 3 saturated carbocycles. The Morgan fingerprint density at radius 3 is 0.941 bits per heavy atom. The molecule has 0 unspecified atom stereocenters. The van der Waals surface area contributed by atoms with Crippen molar-refractivity contribution in [2.24, 2.45) is 0 Å².